The molecule has 1 aliphatic heterocycles. The average Bonchev–Trinajstić information content (AvgIpc) is 3.47. The van der Waals surface area contributed by atoms with E-state index in [1.165, 1.54) is 34.5 Å². The zero-order chi connectivity index (χ0) is 24.4. The molecule has 2 aliphatic rings. The number of aromatic nitrogens is 6. The largest absolute Gasteiger partial charge is 0.434 e. The number of pyridine rings is 1. The van der Waals surface area contributed by atoms with Gasteiger partial charge in [0.05, 0.1) is 17.9 Å². The molecule has 1 aliphatic carbocycles. The second kappa shape index (κ2) is 8.29. The fraction of sp³-hybridized carbons (Fsp3) is 0.381. The van der Waals surface area contributed by atoms with Gasteiger partial charge in [0.15, 0.2) is 21.5 Å². The first kappa shape index (κ1) is 23.0. The van der Waals surface area contributed by atoms with Crippen molar-refractivity contribution in [3.8, 4) is 0 Å². The van der Waals surface area contributed by atoms with Crippen LogP contribution in [0.3, 0.4) is 0 Å². The van der Waals surface area contributed by atoms with Gasteiger partial charge in [-0.2, -0.15) is 18.2 Å². The first-order valence-electron chi connectivity index (χ1n) is 10.8. The van der Waals surface area contributed by atoms with Crippen LogP contribution in [-0.2, 0) is 12.6 Å². The Bertz CT molecular complexity index is 1410. The Balaban J connectivity index is 1.19. The lowest BCUT2D eigenvalue weighted by molar-refractivity contribution is -0.143. The van der Waals surface area contributed by atoms with Gasteiger partial charge in [-0.3, -0.25) is 4.98 Å². The quantitative estimate of drug-likeness (QED) is 0.380. The van der Waals surface area contributed by atoms with Gasteiger partial charge < -0.3 is 15.6 Å². The van der Waals surface area contributed by atoms with E-state index in [0.29, 0.717) is 26.7 Å². The first-order valence-corrected chi connectivity index (χ1v) is 12.8. The molecule has 0 bridgehead atoms. The van der Waals surface area contributed by atoms with Crippen LogP contribution in [0, 0.1) is 5.41 Å². The zero-order valence-electron chi connectivity index (χ0n) is 18.0. The highest BCUT2D eigenvalue weighted by atomic mass is 35.5. The third kappa shape index (κ3) is 4.03. The smallest absolute Gasteiger partial charge is 0.342 e. The third-order valence-electron chi connectivity index (χ3n) is 6.65. The molecule has 0 amide bonds. The number of hydrogen-bond donors (Lipinski definition) is 2. The van der Waals surface area contributed by atoms with Gasteiger partial charge in [-0.15, -0.1) is 11.3 Å². The van der Waals surface area contributed by atoms with E-state index in [-0.39, 0.29) is 16.4 Å². The van der Waals surface area contributed by atoms with Gasteiger partial charge >= 0.3 is 6.18 Å². The van der Waals surface area contributed by atoms with E-state index in [0.717, 1.165) is 56.0 Å². The zero-order valence-corrected chi connectivity index (χ0v) is 20.4. The van der Waals surface area contributed by atoms with Crippen molar-refractivity contribution in [3.05, 3.63) is 45.3 Å². The van der Waals surface area contributed by atoms with Crippen molar-refractivity contribution in [2.75, 3.05) is 18.0 Å². The van der Waals surface area contributed by atoms with Crippen LogP contribution < -0.4 is 10.6 Å². The van der Waals surface area contributed by atoms with E-state index < -0.39 is 11.9 Å². The minimum Gasteiger partial charge on any atom is -0.342 e. The summed E-state index contributed by atoms with van der Waals surface area (Å²) in [6.07, 6.45) is 0.653. The third-order valence-corrected chi connectivity index (χ3v) is 8.79. The van der Waals surface area contributed by atoms with Crippen LogP contribution in [-0.4, -0.2) is 43.0 Å². The van der Waals surface area contributed by atoms with Gasteiger partial charge in [0, 0.05) is 29.1 Å². The Kier molecular flexibility index (Phi) is 5.43. The minimum absolute atomic E-state index is 0.0263. The summed E-state index contributed by atoms with van der Waals surface area (Å²) >= 11 is 8.43. The number of aromatic amines is 1. The highest BCUT2D eigenvalue weighted by Gasteiger charge is 2.48. The number of nitrogens with two attached hydrogens (primary N) is 1. The summed E-state index contributed by atoms with van der Waals surface area (Å²) in [5, 5.41) is 0.306. The van der Waals surface area contributed by atoms with Crippen molar-refractivity contribution < 1.29 is 13.2 Å². The molecule has 3 N–H and O–H groups in total. The van der Waals surface area contributed by atoms with Crippen LogP contribution in [0.25, 0.3) is 11.3 Å². The Hall–Kier alpha value is -2.48. The highest BCUT2D eigenvalue weighted by Crippen LogP contribution is 2.52. The predicted molar refractivity (Wildman–Crippen MR) is 127 cm³/mol. The molecule has 4 aromatic rings. The number of rotatable bonds is 3. The number of H-pyrrole nitrogens is 1. The molecule has 1 atom stereocenters. The number of hydrogen-bond acceptors (Lipinski definition) is 9. The van der Waals surface area contributed by atoms with Gasteiger partial charge in [0.1, 0.15) is 5.03 Å². The van der Waals surface area contributed by atoms with E-state index >= 15 is 0 Å². The summed E-state index contributed by atoms with van der Waals surface area (Å²) in [7, 11) is 0. The van der Waals surface area contributed by atoms with Crippen LogP contribution >= 0.6 is 34.7 Å². The Labute approximate surface area is 210 Å². The summed E-state index contributed by atoms with van der Waals surface area (Å²) < 4.78 is 40.4. The summed E-state index contributed by atoms with van der Waals surface area (Å²) in [5.74, 6) is 0.636. The van der Waals surface area contributed by atoms with Crippen molar-refractivity contribution in [2.45, 2.75) is 41.4 Å². The maximum Gasteiger partial charge on any atom is 0.434 e. The van der Waals surface area contributed by atoms with E-state index in [2.05, 4.69) is 34.8 Å². The minimum atomic E-state index is -4.55. The molecule has 5 heterocycles. The lowest BCUT2D eigenvalue weighted by atomic mass is 9.74. The van der Waals surface area contributed by atoms with E-state index in [4.69, 9.17) is 17.3 Å². The fourth-order valence-corrected chi connectivity index (χ4v) is 7.07. The van der Waals surface area contributed by atoms with E-state index in [9.17, 15) is 13.2 Å². The van der Waals surface area contributed by atoms with Gasteiger partial charge in [0.2, 0.25) is 5.95 Å². The molecule has 0 radical (unpaired) electrons. The molecule has 8 nitrogen and oxygen atoms in total. The standard InChI is InChI=1S/C21H18ClF3N8S2/c22-18-30-13-11(35-18)8-20(14(13)26)3-6-33(7-4-20)19-31-16-17(32-19)29-12(9-28-16)34-10-2-1-5-27-15(10)21(23,24)25/h1-2,5,9,14H,3-4,6-8,26H2,(H,28,29,31,32)/t14-/m1/s1. The Morgan fingerprint density at radius 1 is 1.20 bits per heavy atom. The summed E-state index contributed by atoms with van der Waals surface area (Å²) in [5.41, 5.74) is 7.36. The molecule has 182 valence electrons. The molecule has 0 unspecified atom stereocenters. The van der Waals surface area contributed by atoms with Gasteiger partial charge in [-0.25, -0.2) is 15.0 Å². The molecule has 1 saturated heterocycles. The van der Waals surface area contributed by atoms with Gasteiger partial charge in [-0.05, 0) is 36.8 Å². The van der Waals surface area contributed by atoms with E-state index in [1.54, 1.807) is 0 Å². The molecule has 0 saturated carbocycles. The topological polar surface area (TPSA) is 110 Å². The molecule has 1 fully saturated rings. The SMILES string of the molecule is N[C@@H]1c2nc(Cl)sc2CC12CCN(c1nc3nc(Sc4cccnc4C(F)(F)F)cnc3[nH]1)CC2. The number of anilines is 1. The molecule has 1 spiro atoms. The van der Waals surface area contributed by atoms with Crippen molar-refractivity contribution >= 4 is 51.9 Å². The summed E-state index contributed by atoms with van der Waals surface area (Å²) in [6.45, 7) is 1.50. The number of nitrogens with one attached hydrogen (secondary N) is 1. The van der Waals surface area contributed by atoms with Crippen LogP contribution in [0.15, 0.2) is 34.4 Å². The number of fused-ring (bicyclic) bond motifs is 2. The molecular formula is C21H18ClF3N8S2. The van der Waals surface area contributed by atoms with E-state index in [1.807, 2.05) is 0 Å². The summed E-state index contributed by atoms with van der Waals surface area (Å²) in [6, 6.07) is 2.69. The molecule has 6 rings (SSSR count). The normalized spacial score (nSPS) is 19.6. The van der Waals surface area contributed by atoms with Crippen LogP contribution in [0.1, 0.15) is 35.1 Å². The number of thiazole rings is 1. The van der Waals surface area contributed by atoms with Crippen molar-refractivity contribution in [2.24, 2.45) is 11.1 Å². The lowest BCUT2D eigenvalue weighted by Gasteiger charge is -2.41. The second-order valence-corrected chi connectivity index (χ2v) is 11.4. The maximum atomic E-state index is 13.3. The van der Waals surface area contributed by atoms with Crippen LogP contribution in [0.4, 0.5) is 19.1 Å². The Morgan fingerprint density at radius 2 is 2.00 bits per heavy atom. The van der Waals surface area contributed by atoms with Crippen molar-refractivity contribution in [1.29, 1.82) is 0 Å². The number of imidazole rings is 1. The number of nitrogens with zero attached hydrogens (tertiary/aromatic N) is 6. The summed E-state index contributed by atoms with van der Waals surface area (Å²) in [4.78, 5) is 27.7. The Morgan fingerprint density at radius 3 is 2.74 bits per heavy atom. The van der Waals surface area contributed by atoms with Crippen LogP contribution in [0.2, 0.25) is 4.47 Å². The van der Waals surface area contributed by atoms with Gasteiger partial charge in [-0.1, -0.05) is 23.4 Å². The molecule has 0 aromatic carbocycles. The lowest BCUT2D eigenvalue weighted by Crippen LogP contribution is -2.44. The molecule has 14 heteroatoms. The maximum absolute atomic E-state index is 13.3. The van der Waals surface area contributed by atoms with Crippen LogP contribution in [0.5, 0.6) is 0 Å². The molecule has 4 aromatic heterocycles. The van der Waals surface area contributed by atoms with Crippen molar-refractivity contribution in [1.82, 2.24) is 29.9 Å². The van der Waals surface area contributed by atoms with Gasteiger partial charge in [0.25, 0.3) is 0 Å². The highest BCUT2D eigenvalue weighted by molar-refractivity contribution is 7.99. The second-order valence-electron chi connectivity index (χ2n) is 8.67. The fourth-order valence-electron chi connectivity index (χ4n) is 4.84. The van der Waals surface area contributed by atoms with Crippen molar-refractivity contribution in [3.63, 3.8) is 0 Å². The molecule has 35 heavy (non-hydrogen) atoms. The number of alkyl halides is 3. The average molecular weight is 539 g/mol. The number of halogens is 4. The number of piperidine rings is 1. The molecular weight excluding hydrogens is 521 g/mol. The first-order chi connectivity index (χ1) is 16.7. The monoisotopic (exact) mass is 538 g/mol. The predicted octanol–water partition coefficient (Wildman–Crippen LogP) is 4.87.